The minimum absolute atomic E-state index is 0.565. The van der Waals surface area contributed by atoms with E-state index in [4.69, 9.17) is 16.3 Å². The van der Waals surface area contributed by atoms with E-state index in [9.17, 15) is 0 Å². The topological polar surface area (TPSA) is 25.4 Å². The third-order valence-electron chi connectivity index (χ3n) is 1.75. The molecule has 0 amide bonds. The summed E-state index contributed by atoms with van der Waals surface area (Å²) in [7, 11) is 2.06. The van der Waals surface area contributed by atoms with Crippen LogP contribution in [0.3, 0.4) is 0 Å². The number of thiazole rings is 1. The summed E-state index contributed by atoms with van der Waals surface area (Å²) < 4.78 is 5.28. The summed E-state index contributed by atoms with van der Waals surface area (Å²) in [5, 5.41) is 2.07. The highest BCUT2D eigenvalue weighted by Gasteiger charge is 2.01. The van der Waals surface area contributed by atoms with Crippen LogP contribution in [0.4, 0.5) is 0 Å². The molecule has 1 aromatic rings. The highest BCUT2D eigenvalue weighted by molar-refractivity contribution is 7.07. The molecule has 1 aromatic heterocycles. The summed E-state index contributed by atoms with van der Waals surface area (Å²) in [5.41, 5.74) is 2.97. The summed E-state index contributed by atoms with van der Waals surface area (Å²) >= 11 is 7.11. The highest BCUT2D eigenvalue weighted by Crippen LogP contribution is 2.03. The summed E-state index contributed by atoms with van der Waals surface area (Å²) in [6.45, 7) is 3.15. The normalized spacial score (nSPS) is 11.1. The zero-order valence-electron chi connectivity index (χ0n) is 8.28. The second-order valence-corrected chi connectivity index (χ2v) is 4.12. The number of ether oxygens (including phenoxy) is 1. The monoisotopic (exact) mass is 234 g/mol. The van der Waals surface area contributed by atoms with Crippen LogP contribution in [0.5, 0.6) is 0 Å². The molecule has 0 aliphatic carbocycles. The molecule has 14 heavy (non-hydrogen) atoms. The Labute approximate surface area is 93.7 Å². The third-order valence-corrected chi connectivity index (χ3v) is 2.54. The van der Waals surface area contributed by atoms with Crippen LogP contribution < -0.4 is 0 Å². The van der Waals surface area contributed by atoms with Gasteiger partial charge in [-0.25, -0.2) is 4.98 Å². The molecule has 0 fully saturated rings. The van der Waals surface area contributed by atoms with Crippen LogP contribution in [0.25, 0.3) is 0 Å². The maximum Gasteiger partial charge on any atom is 0.0795 e. The lowest BCUT2D eigenvalue weighted by Crippen LogP contribution is -2.23. The summed E-state index contributed by atoms with van der Waals surface area (Å²) in [6.07, 6.45) is 0. The predicted molar refractivity (Wildman–Crippen MR) is 60.0 cm³/mol. The summed E-state index contributed by atoms with van der Waals surface area (Å²) in [5.74, 6) is 0.565. The van der Waals surface area contributed by atoms with Gasteiger partial charge in [0, 0.05) is 24.3 Å². The molecule has 80 valence electrons. The largest absolute Gasteiger partial charge is 0.379 e. The third kappa shape index (κ3) is 4.91. The van der Waals surface area contributed by atoms with E-state index in [1.54, 1.807) is 11.3 Å². The molecule has 1 heterocycles. The Morgan fingerprint density at radius 2 is 2.43 bits per heavy atom. The van der Waals surface area contributed by atoms with E-state index in [1.807, 2.05) is 5.51 Å². The first-order valence-electron chi connectivity index (χ1n) is 4.52. The average Bonchev–Trinajstić information content (AvgIpc) is 2.65. The average molecular weight is 235 g/mol. The van der Waals surface area contributed by atoms with Crippen LogP contribution in [-0.4, -0.2) is 42.6 Å². The molecule has 0 spiro atoms. The highest BCUT2D eigenvalue weighted by atomic mass is 35.5. The van der Waals surface area contributed by atoms with Gasteiger partial charge in [0.05, 0.1) is 24.4 Å². The Morgan fingerprint density at radius 1 is 1.57 bits per heavy atom. The number of halogens is 1. The second-order valence-electron chi connectivity index (χ2n) is 3.02. The molecule has 3 nitrogen and oxygen atoms in total. The van der Waals surface area contributed by atoms with Crippen molar-refractivity contribution in [1.82, 2.24) is 9.88 Å². The maximum atomic E-state index is 5.48. The Morgan fingerprint density at radius 3 is 3.07 bits per heavy atom. The van der Waals surface area contributed by atoms with Gasteiger partial charge in [0.1, 0.15) is 0 Å². The van der Waals surface area contributed by atoms with Crippen molar-refractivity contribution in [2.24, 2.45) is 0 Å². The lowest BCUT2D eigenvalue weighted by atomic mass is 10.4. The number of rotatable bonds is 7. The maximum absolute atomic E-state index is 5.48. The molecule has 0 unspecified atom stereocenters. The van der Waals surface area contributed by atoms with Gasteiger partial charge >= 0.3 is 0 Å². The number of aromatic nitrogens is 1. The number of hydrogen-bond acceptors (Lipinski definition) is 4. The molecule has 0 N–H and O–H groups in total. The minimum atomic E-state index is 0.565. The molecule has 0 saturated carbocycles. The summed E-state index contributed by atoms with van der Waals surface area (Å²) in [6, 6.07) is 0. The number of nitrogens with zero attached hydrogens (tertiary/aromatic N) is 2. The van der Waals surface area contributed by atoms with Gasteiger partial charge in [0.15, 0.2) is 0 Å². The molecule has 0 bridgehead atoms. The van der Waals surface area contributed by atoms with E-state index in [-0.39, 0.29) is 0 Å². The van der Waals surface area contributed by atoms with Crippen molar-refractivity contribution in [3.63, 3.8) is 0 Å². The number of likely N-dealkylation sites (N-methyl/N-ethyl adjacent to an activating group) is 1. The first kappa shape index (κ1) is 11.9. The molecule has 0 radical (unpaired) electrons. The van der Waals surface area contributed by atoms with Gasteiger partial charge < -0.3 is 4.74 Å². The number of hydrogen-bond donors (Lipinski definition) is 0. The van der Waals surface area contributed by atoms with Crippen molar-refractivity contribution in [3.05, 3.63) is 16.6 Å². The van der Waals surface area contributed by atoms with E-state index < -0.39 is 0 Å². The standard InChI is InChI=1S/C9H15ClN2OS/c1-12(3-5-13-4-2-10)6-9-7-14-8-11-9/h7-8H,2-6H2,1H3. The van der Waals surface area contributed by atoms with E-state index in [2.05, 4.69) is 22.3 Å². The molecule has 0 aliphatic heterocycles. The van der Waals surface area contributed by atoms with E-state index in [0.29, 0.717) is 12.5 Å². The predicted octanol–water partition coefficient (Wildman–Crippen LogP) is 1.83. The minimum Gasteiger partial charge on any atom is -0.379 e. The van der Waals surface area contributed by atoms with Crippen molar-refractivity contribution >= 4 is 22.9 Å². The van der Waals surface area contributed by atoms with Crippen molar-refractivity contribution < 1.29 is 4.74 Å². The van der Waals surface area contributed by atoms with Crippen molar-refractivity contribution in [1.29, 1.82) is 0 Å². The smallest absolute Gasteiger partial charge is 0.0795 e. The zero-order valence-corrected chi connectivity index (χ0v) is 9.85. The molecule has 0 aliphatic rings. The SMILES string of the molecule is CN(CCOCCCl)Cc1cscn1. The van der Waals surface area contributed by atoms with Gasteiger partial charge in [-0.2, -0.15) is 0 Å². The van der Waals surface area contributed by atoms with E-state index in [0.717, 1.165) is 25.4 Å². The van der Waals surface area contributed by atoms with Crippen LogP contribution in [0, 0.1) is 0 Å². The zero-order chi connectivity index (χ0) is 10.2. The van der Waals surface area contributed by atoms with Gasteiger partial charge in [-0.1, -0.05) is 0 Å². The van der Waals surface area contributed by atoms with Gasteiger partial charge in [0.2, 0.25) is 0 Å². The van der Waals surface area contributed by atoms with Gasteiger partial charge in [-0.3, -0.25) is 4.90 Å². The molecule has 0 saturated heterocycles. The lowest BCUT2D eigenvalue weighted by molar-refractivity contribution is 0.121. The Balaban J connectivity index is 2.07. The van der Waals surface area contributed by atoms with Crippen molar-refractivity contribution in [2.75, 3.05) is 32.7 Å². The molecular formula is C9H15ClN2OS. The van der Waals surface area contributed by atoms with E-state index >= 15 is 0 Å². The molecule has 5 heteroatoms. The van der Waals surface area contributed by atoms with Gasteiger partial charge in [-0.05, 0) is 7.05 Å². The fourth-order valence-electron chi connectivity index (χ4n) is 1.05. The summed E-state index contributed by atoms with van der Waals surface area (Å²) in [4.78, 5) is 6.40. The van der Waals surface area contributed by atoms with Crippen LogP contribution in [-0.2, 0) is 11.3 Å². The van der Waals surface area contributed by atoms with Crippen LogP contribution >= 0.6 is 22.9 Å². The molecular weight excluding hydrogens is 220 g/mol. The van der Waals surface area contributed by atoms with Crippen molar-refractivity contribution in [3.8, 4) is 0 Å². The van der Waals surface area contributed by atoms with Gasteiger partial charge in [-0.15, -0.1) is 22.9 Å². The van der Waals surface area contributed by atoms with Crippen LogP contribution in [0.15, 0.2) is 10.9 Å². The molecule has 0 atom stereocenters. The van der Waals surface area contributed by atoms with E-state index in [1.165, 1.54) is 0 Å². The second kappa shape index (κ2) is 7.17. The Kier molecular flexibility index (Phi) is 6.10. The first-order chi connectivity index (χ1) is 6.83. The fraction of sp³-hybridized carbons (Fsp3) is 0.667. The lowest BCUT2D eigenvalue weighted by Gasteiger charge is -2.14. The van der Waals surface area contributed by atoms with Gasteiger partial charge in [0.25, 0.3) is 0 Å². The van der Waals surface area contributed by atoms with Crippen molar-refractivity contribution in [2.45, 2.75) is 6.54 Å². The number of alkyl halides is 1. The molecule has 0 aromatic carbocycles. The first-order valence-corrected chi connectivity index (χ1v) is 6.00. The van der Waals surface area contributed by atoms with Crippen LogP contribution in [0.2, 0.25) is 0 Å². The Hall–Kier alpha value is -0.160. The Bertz CT molecular complexity index is 231. The molecule has 1 rings (SSSR count). The van der Waals surface area contributed by atoms with Crippen LogP contribution in [0.1, 0.15) is 5.69 Å². The quantitative estimate of drug-likeness (QED) is 0.532. The fourth-order valence-corrected chi connectivity index (χ4v) is 1.71.